The first-order valence-corrected chi connectivity index (χ1v) is 8.94. The second-order valence-corrected chi connectivity index (χ2v) is 6.70. The standard InChI is InChI=1S/C21H28N2/c1-2-19(14-13-16-7-5-10-18(22)15-16)23-21-12-6-9-17-8-3-4-11-20(17)21/h3-5,7-8,10-11,15,19,21,23H,2,6,9,12-14,22H2,1H3. The third kappa shape index (κ3) is 4.14. The van der Waals surface area contributed by atoms with Crippen LogP contribution in [0.25, 0.3) is 0 Å². The van der Waals surface area contributed by atoms with Gasteiger partial charge in [0, 0.05) is 17.8 Å². The Labute approximate surface area is 140 Å². The first kappa shape index (κ1) is 16.1. The highest BCUT2D eigenvalue weighted by Crippen LogP contribution is 2.30. The molecule has 0 fully saturated rings. The summed E-state index contributed by atoms with van der Waals surface area (Å²) in [6, 6.07) is 18.3. The summed E-state index contributed by atoms with van der Waals surface area (Å²) in [5.74, 6) is 0. The first-order chi connectivity index (χ1) is 11.3. The molecular weight excluding hydrogens is 280 g/mol. The topological polar surface area (TPSA) is 38.0 Å². The number of nitrogens with one attached hydrogen (secondary N) is 1. The molecule has 0 saturated heterocycles. The third-order valence-electron chi connectivity index (χ3n) is 5.03. The van der Waals surface area contributed by atoms with Gasteiger partial charge in [-0.05, 0) is 67.3 Å². The molecule has 122 valence electrons. The number of fused-ring (bicyclic) bond motifs is 1. The molecule has 0 spiro atoms. The van der Waals surface area contributed by atoms with E-state index in [0.717, 1.165) is 12.1 Å². The minimum absolute atomic E-state index is 0.519. The Hall–Kier alpha value is -1.80. The van der Waals surface area contributed by atoms with Crippen molar-refractivity contribution in [1.29, 1.82) is 0 Å². The average molecular weight is 308 g/mol. The van der Waals surface area contributed by atoms with Crippen LogP contribution in [0.15, 0.2) is 48.5 Å². The fourth-order valence-electron chi connectivity index (χ4n) is 3.71. The highest BCUT2D eigenvalue weighted by Gasteiger charge is 2.21. The molecule has 0 bridgehead atoms. The van der Waals surface area contributed by atoms with Crippen molar-refractivity contribution in [3.05, 3.63) is 65.2 Å². The lowest BCUT2D eigenvalue weighted by molar-refractivity contribution is 0.372. The lowest BCUT2D eigenvalue weighted by Gasteiger charge is -2.30. The van der Waals surface area contributed by atoms with Crippen LogP contribution in [0.2, 0.25) is 0 Å². The second kappa shape index (κ2) is 7.65. The normalized spacial score (nSPS) is 18.4. The van der Waals surface area contributed by atoms with Gasteiger partial charge in [0.15, 0.2) is 0 Å². The summed E-state index contributed by atoms with van der Waals surface area (Å²) in [6.07, 6.45) is 7.20. The summed E-state index contributed by atoms with van der Waals surface area (Å²) < 4.78 is 0. The molecule has 2 atom stereocenters. The third-order valence-corrected chi connectivity index (χ3v) is 5.03. The predicted molar refractivity (Wildman–Crippen MR) is 98.5 cm³/mol. The summed E-state index contributed by atoms with van der Waals surface area (Å²) >= 11 is 0. The highest BCUT2D eigenvalue weighted by atomic mass is 14.9. The Kier molecular flexibility index (Phi) is 5.35. The smallest absolute Gasteiger partial charge is 0.0325 e. The number of aryl methyl sites for hydroxylation is 2. The fourth-order valence-corrected chi connectivity index (χ4v) is 3.71. The van der Waals surface area contributed by atoms with Gasteiger partial charge in [0.05, 0.1) is 0 Å². The maximum absolute atomic E-state index is 5.88. The van der Waals surface area contributed by atoms with Crippen LogP contribution in [-0.4, -0.2) is 6.04 Å². The summed E-state index contributed by atoms with van der Waals surface area (Å²) in [5, 5.41) is 3.92. The monoisotopic (exact) mass is 308 g/mol. The average Bonchev–Trinajstić information content (AvgIpc) is 2.59. The van der Waals surface area contributed by atoms with E-state index in [9.17, 15) is 0 Å². The largest absolute Gasteiger partial charge is 0.399 e. The number of benzene rings is 2. The predicted octanol–water partition coefficient (Wildman–Crippen LogP) is 4.65. The van der Waals surface area contributed by atoms with Gasteiger partial charge in [-0.1, -0.05) is 43.3 Å². The molecule has 2 aromatic carbocycles. The van der Waals surface area contributed by atoms with Gasteiger partial charge >= 0.3 is 0 Å². The number of nitrogen functional groups attached to an aromatic ring is 1. The highest BCUT2D eigenvalue weighted by molar-refractivity contribution is 5.40. The van der Waals surface area contributed by atoms with Crippen LogP contribution < -0.4 is 11.1 Å². The number of anilines is 1. The van der Waals surface area contributed by atoms with E-state index in [1.807, 2.05) is 6.07 Å². The number of hydrogen-bond acceptors (Lipinski definition) is 2. The minimum Gasteiger partial charge on any atom is -0.399 e. The van der Waals surface area contributed by atoms with Gasteiger partial charge in [-0.15, -0.1) is 0 Å². The molecule has 0 radical (unpaired) electrons. The molecule has 0 aliphatic heterocycles. The quantitative estimate of drug-likeness (QED) is 0.762. The molecule has 3 rings (SSSR count). The Morgan fingerprint density at radius 2 is 2.04 bits per heavy atom. The van der Waals surface area contributed by atoms with Crippen molar-refractivity contribution >= 4 is 5.69 Å². The maximum Gasteiger partial charge on any atom is 0.0325 e. The molecule has 2 nitrogen and oxygen atoms in total. The Morgan fingerprint density at radius 1 is 1.17 bits per heavy atom. The van der Waals surface area contributed by atoms with E-state index in [1.54, 1.807) is 0 Å². The Morgan fingerprint density at radius 3 is 2.87 bits per heavy atom. The zero-order valence-corrected chi connectivity index (χ0v) is 14.1. The van der Waals surface area contributed by atoms with E-state index in [4.69, 9.17) is 5.73 Å². The zero-order valence-electron chi connectivity index (χ0n) is 14.1. The fraction of sp³-hybridized carbons (Fsp3) is 0.429. The molecule has 0 amide bonds. The van der Waals surface area contributed by atoms with Crippen molar-refractivity contribution in [2.24, 2.45) is 0 Å². The van der Waals surface area contributed by atoms with Crippen LogP contribution in [0.1, 0.15) is 55.3 Å². The zero-order chi connectivity index (χ0) is 16.1. The molecule has 23 heavy (non-hydrogen) atoms. The molecule has 0 heterocycles. The van der Waals surface area contributed by atoms with Crippen LogP contribution >= 0.6 is 0 Å². The maximum atomic E-state index is 5.88. The van der Waals surface area contributed by atoms with E-state index in [0.29, 0.717) is 12.1 Å². The van der Waals surface area contributed by atoms with Crippen LogP contribution in [-0.2, 0) is 12.8 Å². The molecule has 1 aliphatic carbocycles. The number of rotatable bonds is 6. The van der Waals surface area contributed by atoms with Crippen molar-refractivity contribution in [2.45, 2.75) is 57.5 Å². The van der Waals surface area contributed by atoms with Crippen molar-refractivity contribution in [3.8, 4) is 0 Å². The van der Waals surface area contributed by atoms with Crippen molar-refractivity contribution in [3.63, 3.8) is 0 Å². The summed E-state index contributed by atoms with van der Waals surface area (Å²) in [4.78, 5) is 0. The molecule has 0 aromatic heterocycles. The molecule has 1 aliphatic rings. The summed E-state index contributed by atoms with van der Waals surface area (Å²) in [7, 11) is 0. The molecule has 3 N–H and O–H groups in total. The van der Waals surface area contributed by atoms with Crippen LogP contribution in [0.3, 0.4) is 0 Å². The van der Waals surface area contributed by atoms with Gasteiger partial charge in [0.1, 0.15) is 0 Å². The first-order valence-electron chi connectivity index (χ1n) is 8.94. The molecule has 2 unspecified atom stereocenters. The van der Waals surface area contributed by atoms with Gasteiger partial charge in [-0.3, -0.25) is 0 Å². The summed E-state index contributed by atoms with van der Waals surface area (Å²) in [5.41, 5.74) is 11.1. The number of nitrogens with two attached hydrogens (primary N) is 1. The van der Waals surface area contributed by atoms with Crippen molar-refractivity contribution in [2.75, 3.05) is 5.73 Å². The SMILES string of the molecule is CCC(CCc1cccc(N)c1)NC1CCCc2ccccc21. The summed E-state index contributed by atoms with van der Waals surface area (Å²) in [6.45, 7) is 2.28. The second-order valence-electron chi connectivity index (χ2n) is 6.70. The van der Waals surface area contributed by atoms with Crippen LogP contribution in [0, 0.1) is 0 Å². The van der Waals surface area contributed by atoms with Gasteiger partial charge < -0.3 is 11.1 Å². The van der Waals surface area contributed by atoms with Gasteiger partial charge in [0.2, 0.25) is 0 Å². The van der Waals surface area contributed by atoms with Crippen LogP contribution in [0.5, 0.6) is 0 Å². The van der Waals surface area contributed by atoms with E-state index >= 15 is 0 Å². The van der Waals surface area contributed by atoms with E-state index in [1.165, 1.54) is 48.8 Å². The molecule has 2 heteroatoms. The Bertz CT molecular complexity index is 635. The van der Waals surface area contributed by atoms with E-state index in [2.05, 4.69) is 54.7 Å². The van der Waals surface area contributed by atoms with Crippen LogP contribution in [0.4, 0.5) is 5.69 Å². The van der Waals surface area contributed by atoms with Gasteiger partial charge in [-0.2, -0.15) is 0 Å². The van der Waals surface area contributed by atoms with E-state index < -0.39 is 0 Å². The van der Waals surface area contributed by atoms with Gasteiger partial charge in [0.25, 0.3) is 0 Å². The number of hydrogen-bond donors (Lipinski definition) is 2. The van der Waals surface area contributed by atoms with Crippen molar-refractivity contribution < 1.29 is 0 Å². The minimum atomic E-state index is 0.519. The molecule has 2 aromatic rings. The molecule has 0 saturated carbocycles. The Balaban J connectivity index is 1.62. The van der Waals surface area contributed by atoms with Gasteiger partial charge in [-0.25, -0.2) is 0 Å². The van der Waals surface area contributed by atoms with E-state index in [-0.39, 0.29) is 0 Å². The van der Waals surface area contributed by atoms with Crippen molar-refractivity contribution in [1.82, 2.24) is 5.32 Å². The lowest BCUT2D eigenvalue weighted by atomic mass is 9.87. The molecular formula is C21H28N2. The lowest BCUT2D eigenvalue weighted by Crippen LogP contribution is -2.34.